The average Bonchev–Trinajstić information content (AvgIpc) is 2.77. The summed E-state index contributed by atoms with van der Waals surface area (Å²) in [5, 5.41) is 12.8. The minimum absolute atomic E-state index is 0.0482. The number of aromatic nitrogens is 1. The number of aliphatic hydroxyl groups is 1. The summed E-state index contributed by atoms with van der Waals surface area (Å²) in [5.74, 6) is 0.298. The highest BCUT2D eigenvalue weighted by Gasteiger charge is 2.30. The van der Waals surface area contributed by atoms with Crippen LogP contribution in [0.3, 0.4) is 0 Å². The number of hydrogen-bond acceptors (Lipinski definition) is 4. The number of nitrogens with zero attached hydrogens (tertiary/aromatic N) is 1. The van der Waals surface area contributed by atoms with Gasteiger partial charge in [0.25, 0.3) is 5.91 Å². The second-order valence-corrected chi connectivity index (χ2v) is 7.91. The van der Waals surface area contributed by atoms with Crippen LogP contribution < -0.4 is 10.1 Å². The van der Waals surface area contributed by atoms with Crippen molar-refractivity contribution in [3.63, 3.8) is 0 Å². The van der Waals surface area contributed by atoms with Crippen LogP contribution in [0.2, 0.25) is 0 Å². The summed E-state index contributed by atoms with van der Waals surface area (Å²) in [7, 11) is 1.50. The third-order valence-electron chi connectivity index (χ3n) is 5.21. The number of benzene rings is 2. The molecule has 0 spiro atoms. The number of aliphatic hydroxyl groups excluding tert-OH is 1. The summed E-state index contributed by atoms with van der Waals surface area (Å²) in [6.45, 7) is 3.82. The normalized spacial score (nSPS) is 13.6. The van der Waals surface area contributed by atoms with Gasteiger partial charge >= 0.3 is 6.18 Å². The van der Waals surface area contributed by atoms with Crippen molar-refractivity contribution in [2.45, 2.75) is 32.5 Å². The van der Waals surface area contributed by atoms with Gasteiger partial charge in [-0.1, -0.05) is 19.1 Å². The molecule has 0 saturated heterocycles. The fourth-order valence-corrected chi connectivity index (χ4v) is 3.53. The van der Waals surface area contributed by atoms with Crippen LogP contribution in [0.25, 0.3) is 22.2 Å². The number of halogens is 3. The van der Waals surface area contributed by atoms with Crippen molar-refractivity contribution < 1.29 is 27.8 Å². The number of nitrogens with one attached hydrogen (secondary N) is 1. The van der Waals surface area contributed by atoms with Crippen LogP contribution >= 0.6 is 0 Å². The number of amides is 1. The molecule has 3 aromatic rings. The van der Waals surface area contributed by atoms with Crippen LogP contribution in [0.5, 0.6) is 5.75 Å². The van der Waals surface area contributed by atoms with E-state index in [1.165, 1.54) is 19.2 Å². The molecule has 32 heavy (non-hydrogen) atoms. The van der Waals surface area contributed by atoms with Crippen molar-refractivity contribution in [2.75, 3.05) is 13.7 Å². The highest BCUT2D eigenvalue weighted by Crippen LogP contribution is 2.33. The minimum Gasteiger partial charge on any atom is -0.496 e. The van der Waals surface area contributed by atoms with E-state index in [9.17, 15) is 23.1 Å². The lowest BCUT2D eigenvalue weighted by Crippen LogP contribution is -2.34. The van der Waals surface area contributed by atoms with Gasteiger partial charge in [0, 0.05) is 35.2 Å². The quantitative estimate of drug-likeness (QED) is 0.532. The third kappa shape index (κ3) is 5.37. The summed E-state index contributed by atoms with van der Waals surface area (Å²) in [6.07, 6.45) is -3.78. The van der Waals surface area contributed by atoms with E-state index in [1.807, 2.05) is 13.8 Å². The Bertz CT molecular complexity index is 1100. The highest BCUT2D eigenvalue weighted by atomic mass is 19.4. The van der Waals surface area contributed by atoms with E-state index in [1.54, 1.807) is 24.3 Å². The van der Waals surface area contributed by atoms with E-state index < -0.39 is 11.7 Å². The van der Waals surface area contributed by atoms with Crippen molar-refractivity contribution in [1.82, 2.24) is 10.3 Å². The van der Waals surface area contributed by atoms with Crippen molar-refractivity contribution in [1.29, 1.82) is 0 Å². The third-order valence-corrected chi connectivity index (χ3v) is 5.21. The first kappa shape index (κ1) is 23.5. The number of pyridine rings is 1. The van der Waals surface area contributed by atoms with E-state index in [0.717, 1.165) is 12.1 Å². The van der Waals surface area contributed by atoms with Gasteiger partial charge in [-0.25, -0.2) is 4.98 Å². The van der Waals surface area contributed by atoms with E-state index in [4.69, 9.17) is 4.74 Å². The lowest BCUT2D eigenvalue weighted by molar-refractivity contribution is -0.137. The lowest BCUT2D eigenvalue weighted by Gasteiger charge is -2.17. The van der Waals surface area contributed by atoms with Gasteiger partial charge in [0.2, 0.25) is 0 Å². The minimum atomic E-state index is -4.42. The fourth-order valence-electron chi connectivity index (χ4n) is 3.53. The molecule has 0 aliphatic heterocycles. The molecule has 0 radical (unpaired) electrons. The smallest absolute Gasteiger partial charge is 0.416 e. The lowest BCUT2D eigenvalue weighted by atomic mass is 10.0. The molecule has 0 unspecified atom stereocenters. The summed E-state index contributed by atoms with van der Waals surface area (Å²) in [6, 6.07) is 11.3. The molecule has 2 atom stereocenters. The maximum atomic E-state index is 12.9. The Kier molecular flexibility index (Phi) is 7.03. The molecular weight excluding hydrogens is 421 g/mol. The van der Waals surface area contributed by atoms with Crippen LogP contribution in [-0.4, -0.2) is 35.8 Å². The molecule has 3 rings (SSSR count). The van der Waals surface area contributed by atoms with E-state index in [-0.39, 0.29) is 24.5 Å². The zero-order chi connectivity index (χ0) is 23.5. The maximum absolute atomic E-state index is 12.9. The first-order valence-electron chi connectivity index (χ1n) is 10.2. The number of alkyl halides is 3. The Morgan fingerprint density at radius 1 is 1.12 bits per heavy atom. The molecule has 1 heterocycles. The Balaban J connectivity index is 1.93. The van der Waals surface area contributed by atoms with E-state index >= 15 is 0 Å². The van der Waals surface area contributed by atoms with Crippen molar-refractivity contribution in [2.24, 2.45) is 5.92 Å². The van der Waals surface area contributed by atoms with Crippen LogP contribution in [0.4, 0.5) is 13.2 Å². The second-order valence-electron chi connectivity index (χ2n) is 7.91. The molecule has 2 N–H and O–H groups in total. The molecule has 2 aromatic carbocycles. The number of rotatable bonds is 7. The first-order chi connectivity index (χ1) is 15.1. The standard InChI is InChI=1S/C24H25F3N2O3/c1-14(13-30)10-15(2)28-23(31)17-6-9-19-21(11-17)29-20(12-22(19)32-3)16-4-7-18(8-5-16)24(25,26)27/h4-9,11-12,14-15,30H,10,13H2,1-3H3,(H,28,31)/t14-,15+/m0/s1. The van der Waals surface area contributed by atoms with Crippen molar-refractivity contribution in [3.8, 4) is 17.0 Å². The molecule has 5 nitrogen and oxygen atoms in total. The predicted octanol–water partition coefficient (Wildman–Crippen LogP) is 5.07. The Labute approximate surface area is 184 Å². The van der Waals surface area contributed by atoms with Crippen LogP contribution in [0.1, 0.15) is 36.2 Å². The Hall–Kier alpha value is -3.13. The molecule has 8 heteroatoms. The van der Waals surface area contributed by atoms with Gasteiger partial charge in [0.1, 0.15) is 5.75 Å². The van der Waals surface area contributed by atoms with Crippen LogP contribution in [0, 0.1) is 5.92 Å². The molecule has 1 amide bonds. The zero-order valence-corrected chi connectivity index (χ0v) is 18.0. The van der Waals surface area contributed by atoms with Crippen LogP contribution in [-0.2, 0) is 6.18 Å². The first-order valence-corrected chi connectivity index (χ1v) is 10.2. The number of hydrogen-bond donors (Lipinski definition) is 2. The van der Waals surface area contributed by atoms with Crippen molar-refractivity contribution >= 4 is 16.8 Å². The second kappa shape index (κ2) is 9.56. The van der Waals surface area contributed by atoms with Gasteiger partial charge in [0.15, 0.2) is 0 Å². The van der Waals surface area contributed by atoms with E-state index in [0.29, 0.717) is 39.9 Å². The van der Waals surface area contributed by atoms with E-state index in [2.05, 4.69) is 10.3 Å². The molecule has 1 aromatic heterocycles. The number of carbonyl (C=O) groups excluding carboxylic acids is 1. The monoisotopic (exact) mass is 446 g/mol. The van der Waals surface area contributed by atoms with Gasteiger partial charge in [-0.15, -0.1) is 0 Å². The molecule has 0 saturated carbocycles. The molecular formula is C24H25F3N2O3. The zero-order valence-electron chi connectivity index (χ0n) is 18.0. The number of carbonyl (C=O) groups is 1. The summed E-state index contributed by atoms with van der Waals surface area (Å²) in [5.41, 5.74) is 1.09. The molecule has 170 valence electrons. The average molecular weight is 446 g/mol. The van der Waals surface area contributed by atoms with Gasteiger partial charge < -0.3 is 15.2 Å². The summed E-state index contributed by atoms with van der Waals surface area (Å²) < 4.78 is 44.0. The molecule has 0 bridgehead atoms. The highest BCUT2D eigenvalue weighted by molar-refractivity contribution is 5.99. The number of methoxy groups -OCH3 is 1. The number of ether oxygens (including phenoxy) is 1. The Morgan fingerprint density at radius 2 is 1.81 bits per heavy atom. The van der Waals surface area contributed by atoms with Crippen molar-refractivity contribution in [3.05, 3.63) is 59.7 Å². The van der Waals surface area contributed by atoms with Crippen LogP contribution in [0.15, 0.2) is 48.5 Å². The molecule has 0 fully saturated rings. The fraction of sp³-hybridized carbons (Fsp3) is 0.333. The Morgan fingerprint density at radius 3 is 2.41 bits per heavy atom. The maximum Gasteiger partial charge on any atom is 0.416 e. The molecule has 0 aliphatic carbocycles. The van der Waals surface area contributed by atoms with Gasteiger partial charge in [-0.2, -0.15) is 13.2 Å². The molecule has 0 aliphatic rings. The summed E-state index contributed by atoms with van der Waals surface area (Å²) >= 11 is 0. The van der Waals surface area contributed by atoms with Gasteiger partial charge in [-0.3, -0.25) is 4.79 Å². The predicted molar refractivity (Wildman–Crippen MR) is 117 cm³/mol. The topological polar surface area (TPSA) is 71.5 Å². The largest absolute Gasteiger partial charge is 0.496 e. The van der Waals surface area contributed by atoms with Gasteiger partial charge in [-0.05, 0) is 49.6 Å². The summed E-state index contributed by atoms with van der Waals surface area (Å²) in [4.78, 5) is 17.2. The number of fused-ring (bicyclic) bond motifs is 1. The van der Waals surface area contributed by atoms with Gasteiger partial charge in [0.05, 0.1) is 23.9 Å². The SMILES string of the molecule is COc1cc(-c2ccc(C(F)(F)F)cc2)nc2cc(C(=O)N[C@H](C)C[C@H](C)CO)ccc12.